The zero-order valence-electron chi connectivity index (χ0n) is 14.2. The molecule has 26 heavy (non-hydrogen) atoms. The average Bonchev–Trinajstić information content (AvgIpc) is 3.29. The van der Waals surface area contributed by atoms with Gasteiger partial charge in [-0.25, -0.2) is 8.78 Å². The smallest absolute Gasteiger partial charge is 0.276 e. The minimum Gasteiger partial charge on any atom is -0.479 e. The fourth-order valence-corrected chi connectivity index (χ4v) is 3.58. The highest BCUT2D eigenvalue weighted by Gasteiger charge is 2.33. The molecule has 0 radical (unpaired) electrons. The van der Waals surface area contributed by atoms with E-state index in [1.54, 1.807) is 4.90 Å². The lowest BCUT2D eigenvalue weighted by Gasteiger charge is -2.37. The molecule has 0 saturated carbocycles. The Morgan fingerprint density at radius 3 is 2.88 bits per heavy atom. The van der Waals surface area contributed by atoms with Crippen molar-refractivity contribution >= 4 is 5.91 Å². The van der Waals surface area contributed by atoms with Crippen molar-refractivity contribution < 1.29 is 22.8 Å². The van der Waals surface area contributed by atoms with Crippen LogP contribution in [0.2, 0.25) is 0 Å². The SMILES string of the molecule is O=C(c1cc(COc2c(F)cccc2F)on1)N1CCN2CCCC2C1. The zero-order chi connectivity index (χ0) is 18.1. The van der Waals surface area contributed by atoms with Crippen LogP contribution in [-0.2, 0) is 6.61 Å². The summed E-state index contributed by atoms with van der Waals surface area (Å²) in [5, 5.41) is 3.79. The number of carbonyl (C=O) groups is 1. The molecule has 0 N–H and O–H groups in total. The first-order valence-electron chi connectivity index (χ1n) is 8.67. The molecule has 1 unspecified atom stereocenters. The maximum Gasteiger partial charge on any atom is 0.276 e. The quantitative estimate of drug-likeness (QED) is 0.835. The van der Waals surface area contributed by atoms with Crippen molar-refractivity contribution in [3.05, 3.63) is 47.4 Å². The summed E-state index contributed by atoms with van der Waals surface area (Å²) in [5.41, 5.74) is 0.184. The van der Waals surface area contributed by atoms with Gasteiger partial charge in [-0.05, 0) is 31.5 Å². The van der Waals surface area contributed by atoms with Gasteiger partial charge in [-0.2, -0.15) is 0 Å². The lowest BCUT2D eigenvalue weighted by atomic mass is 10.1. The fourth-order valence-electron chi connectivity index (χ4n) is 3.58. The third-order valence-corrected chi connectivity index (χ3v) is 4.93. The van der Waals surface area contributed by atoms with Gasteiger partial charge in [0.2, 0.25) is 0 Å². The summed E-state index contributed by atoms with van der Waals surface area (Å²) in [4.78, 5) is 16.8. The van der Waals surface area contributed by atoms with Gasteiger partial charge in [-0.15, -0.1) is 0 Å². The van der Waals surface area contributed by atoms with Crippen LogP contribution in [0, 0.1) is 11.6 Å². The number of hydrogen-bond donors (Lipinski definition) is 0. The van der Waals surface area contributed by atoms with Crippen molar-refractivity contribution in [1.29, 1.82) is 0 Å². The molecule has 6 nitrogen and oxygen atoms in total. The van der Waals surface area contributed by atoms with Gasteiger partial charge in [-0.1, -0.05) is 11.2 Å². The van der Waals surface area contributed by atoms with Crippen LogP contribution in [-0.4, -0.2) is 53.1 Å². The molecule has 2 aromatic rings. The first-order chi connectivity index (χ1) is 12.6. The monoisotopic (exact) mass is 363 g/mol. The number of amides is 1. The van der Waals surface area contributed by atoms with E-state index in [1.165, 1.54) is 18.6 Å². The normalized spacial score (nSPS) is 20.2. The summed E-state index contributed by atoms with van der Waals surface area (Å²) in [6.07, 6.45) is 2.28. The van der Waals surface area contributed by atoms with Gasteiger partial charge in [0.15, 0.2) is 28.8 Å². The summed E-state index contributed by atoms with van der Waals surface area (Å²) >= 11 is 0. The van der Waals surface area contributed by atoms with Gasteiger partial charge >= 0.3 is 0 Å². The van der Waals surface area contributed by atoms with Crippen LogP contribution in [0.1, 0.15) is 29.1 Å². The fraction of sp³-hybridized carbons (Fsp3) is 0.444. The minimum atomic E-state index is -0.796. The standard InChI is InChI=1S/C18H19F2N3O3/c19-14-4-1-5-15(20)17(14)25-11-13-9-16(21-26-13)18(24)23-8-7-22-6-2-3-12(22)10-23/h1,4-5,9,12H,2-3,6-8,10-11H2. The van der Waals surface area contributed by atoms with Crippen LogP contribution in [0.3, 0.4) is 0 Å². The Morgan fingerprint density at radius 1 is 1.27 bits per heavy atom. The van der Waals surface area contributed by atoms with Crippen molar-refractivity contribution in [2.45, 2.75) is 25.5 Å². The van der Waals surface area contributed by atoms with E-state index in [9.17, 15) is 13.6 Å². The van der Waals surface area contributed by atoms with Crippen LogP contribution < -0.4 is 4.74 Å². The van der Waals surface area contributed by atoms with Crippen molar-refractivity contribution in [3.63, 3.8) is 0 Å². The van der Waals surface area contributed by atoms with Crippen LogP contribution in [0.25, 0.3) is 0 Å². The highest BCUT2D eigenvalue weighted by atomic mass is 19.1. The third kappa shape index (κ3) is 3.29. The van der Waals surface area contributed by atoms with Gasteiger partial charge in [0.25, 0.3) is 5.91 Å². The van der Waals surface area contributed by atoms with E-state index < -0.39 is 17.4 Å². The molecule has 0 bridgehead atoms. The van der Waals surface area contributed by atoms with Crippen molar-refractivity contribution in [2.75, 3.05) is 26.2 Å². The topological polar surface area (TPSA) is 58.8 Å². The van der Waals surface area contributed by atoms with Crippen molar-refractivity contribution in [2.24, 2.45) is 0 Å². The van der Waals surface area contributed by atoms with E-state index in [-0.39, 0.29) is 24.0 Å². The van der Waals surface area contributed by atoms with E-state index >= 15 is 0 Å². The second kappa shape index (κ2) is 7.03. The number of piperazine rings is 1. The molecular weight excluding hydrogens is 344 g/mol. The summed E-state index contributed by atoms with van der Waals surface area (Å²) in [5.74, 6) is -2.03. The molecule has 2 aliphatic heterocycles. The van der Waals surface area contributed by atoms with Crippen LogP contribution in [0.15, 0.2) is 28.8 Å². The average molecular weight is 363 g/mol. The number of carbonyl (C=O) groups excluding carboxylic acids is 1. The Morgan fingerprint density at radius 2 is 2.08 bits per heavy atom. The lowest BCUT2D eigenvalue weighted by Crippen LogP contribution is -2.52. The highest BCUT2D eigenvalue weighted by Crippen LogP contribution is 2.24. The largest absolute Gasteiger partial charge is 0.479 e. The molecule has 0 aliphatic carbocycles. The molecule has 8 heteroatoms. The van der Waals surface area contributed by atoms with E-state index in [0.717, 1.165) is 31.6 Å². The predicted molar refractivity (Wildman–Crippen MR) is 87.7 cm³/mol. The lowest BCUT2D eigenvalue weighted by molar-refractivity contribution is 0.0561. The molecular formula is C18H19F2N3O3. The zero-order valence-corrected chi connectivity index (χ0v) is 14.2. The number of aromatic nitrogens is 1. The molecule has 0 spiro atoms. The molecule has 1 aromatic carbocycles. The Bertz CT molecular complexity index is 790. The number of para-hydroxylation sites is 1. The molecule has 3 heterocycles. The number of halogens is 2. The summed E-state index contributed by atoms with van der Waals surface area (Å²) < 4.78 is 37.3. The molecule has 2 saturated heterocycles. The number of hydrogen-bond acceptors (Lipinski definition) is 5. The molecule has 1 aromatic heterocycles. The van der Waals surface area contributed by atoms with E-state index in [4.69, 9.17) is 9.26 Å². The Labute approximate surface area is 149 Å². The Kier molecular flexibility index (Phi) is 4.58. The van der Waals surface area contributed by atoms with E-state index in [2.05, 4.69) is 10.1 Å². The second-order valence-electron chi connectivity index (χ2n) is 6.60. The molecule has 1 amide bonds. The molecule has 2 fully saturated rings. The van der Waals surface area contributed by atoms with Gasteiger partial charge in [0, 0.05) is 31.7 Å². The summed E-state index contributed by atoms with van der Waals surface area (Å²) in [6.45, 7) is 3.11. The molecule has 2 aliphatic rings. The number of fused-ring (bicyclic) bond motifs is 1. The Balaban J connectivity index is 1.39. The molecule has 1 atom stereocenters. The first-order valence-corrected chi connectivity index (χ1v) is 8.67. The molecule has 4 rings (SSSR count). The highest BCUT2D eigenvalue weighted by molar-refractivity contribution is 5.92. The number of rotatable bonds is 4. The van der Waals surface area contributed by atoms with Gasteiger partial charge in [0.1, 0.15) is 6.61 Å². The second-order valence-corrected chi connectivity index (χ2v) is 6.60. The summed E-state index contributed by atoms with van der Waals surface area (Å²) in [7, 11) is 0. The van der Waals surface area contributed by atoms with E-state index in [1.807, 2.05) is 0 Å². The van der Waals surface area contributed by atoms with Crippen LogP contribution in [0.5, 0.6) is 5.75 Å². The maximum atomic E-state index is 13.6. The van der Waals surface area contributed by atoms with Crippen molar-refractivity contribution in [1.82, 2.24) is 15.0 Å². The van der Waals surface area contributed by atoms with E-state index in [0.29, 0.717) is 19.1 Å². The summed E-state index contributed by atoms with van der Waals surface area (Å²) in [6, 6.07) is 5.35. The number of ether oxygens (including phenoxy) is 1. The van der Waals surface area contributed by atoms with Crippen molar-refractivity contribution in [3.8, 4) is 5.75 Å². The molecule has 138 valence electrons. The van der Waals surface area contributed by atoms with Gasteiger partial charge in [-0.3, -0.25) is 9.69 Å². The van der Waals surface area contributed by atoms with Crippen LogP contribution >= 0.6 is 0 Å². The minimum absolute atomic E-state index is 0.184. The predicted octanol–water partition coefficient (Wildman–Crippen LogP) is 2.45. The first kappa shape index (κ1) is 17.0. The number of benzene rings is 1. The third-order valence-electron chi connectivity index (χ3n) is 4.93. The van der Waals surface area contributed by atoms with Gasteiger partial charge in [0.05, 0.1) is 0 Å². The van der Waals surface area contributed by atoms with Gasteiger partial charge < -0.3 is 14.2 Å². The Hall–Kier alpha value is -2.48. The number of nitrogens with zero attached hydrogens (tertiary/aromatic N) is 3. The maximum absolute atomic E-state index is 13.6. The van der Waals surface area contributed by atoms with Crippen LogP contribution in [0.4, 0.5) is 8.78 Å².